The van der Waals surface area contributed by atoms with E-state index in [9.17, 15) is 15.5 Å². The molecule has 0 spiro atoms. The first kappa shape index (κ1) is 27.8. The molecular formula is C23H50N2O5+2. The second kappa shape index (κ2) is 10.1. The summed E-state index contributed by atoms with van der Waals surface area (Å²) in [6.45, 7) is 19.5. The first-order chi connectivity index (χ1) is 13.4. The van der Waals surface area contributed by atoms with Crippen LogP contribution in [0.1, 0.15) is 88.0 Å². The molecule has 1 atom stereocenters. The summed E-state index contributed by atoms with van der Waals surface area (Å²) in [4.78, 5) is 0. The Kier molecular flexibility index (Phi) is 9.35. The molecule has 0 aromatic rings. The Hall–Kier alpha value is -0.280. The Bertz CT molecular complexity index is 500. The molecule has 5 N–H and O–H groups in total. The van der Waals surface area contributed by atoms with Crippen LogP contribution in [0.5, 0.6) is 0 Å². The van der Waals surface area contributed by atoms with Crippen molar-refractivity contribution in [2.75, 3.05) is 20.3 Å². The Morgan fingerprint density at radius 3 is 1.50 bits per heavy atom. The van der Waals surface area contributed by atoms with Crippen LogP contribution in [-0.2, 0) is 9.47 Å². The van der Waals surface area contributed by atoms with Gasteiger partial charge in [0.1, 0.15) is 28.3 Å². The van der Waals surface area contributed by atoms with Crippen molar-refractivity contribution in [1.29, 1.82) is 0 Å². The van der Waals surface area contributed by atoms with Gasteiger partial charge in [0.15, 0.2) is 0 Å². The van der Waals surface area contributed by atoms with E-state index in [1.165, 1.54) is 0 Å². The van der Waals surface area contributed by atoms with Crippen molar-refractivity contribution < 1.29 is 35.1 Å². The number of nitrogens with one attached hydrogen (secondary N) is 2. The van der Waals surface area contributed by atoms with Gasteiger partial charge in [-0.1, -0.05) is 6.92 Å². The zero-order valence-corrected chi connectivity index (χ0v) is 21.1. The summed E-state index contributed by atoms with van der Waals surface area (Å²) in [7, 11) is 1.56. The Labute approximate surface area is 184 Å². The second-order valence-corrected chi connectivity index (χ2v) is 12.2. The number of hydroxylamine groups is 4. The largest absolute Gasteiger partial charge is 0.388 e. The molecule has 0 aromatic carbocycles. The van der Waals surface area contributed by atoms with E-state index in [4.69, 9.17) is 9.47 Å². The summed E-state index contributed by atoms with van der Waals surface area (Å²) in [5.74, 6) is 0.728. The molecule has 0 bridgehead atoms. The number of quaternary nitrogens is 2. The minimum atomic E-state index is -0.583. The van der Waals surface area contributed by atoms with E-state index in [-0.39, 0.29) is 41.5 Å². The summed E-state index contributed by atoms with van der Waals surface area (Å²) in [6.07, 6.45) is 3.27. The highest BCUT2D eigenvalue weighted by Gasteiger charge is 2.50. The van der Waals surface area contributed by atoms with E-state index >= 15 is 0 Å². The molecule has 2 fully saturated rings. The fourth-order valence-corrected chi connectivity index (χ4v) is 5.85. The summed E-state index contributed by atoms with van der Waals surface area (Å²) in [6, 6.07) is 0. The molecule has 0 aromatic heterocycles. The minimum absolute atomic E-state index is 0.0150. The molecule has 180 valence electrons. The van der Waals surface area contributed by atoms with Crippen LogP contribution in [-0.4, -0.2) is 70.2 Å². The average molecular weight is 435 g/mol. The Morgan fingerprint density at radius 2 is 1.13 bits per heavy atom. The second-order valence-electron chi connectivity index (χ2n) is 12.2. The third kappa shape index (κ3) is 7.40. The van der Waals surface area contributed by atoms with E-state index in [0.717, 1.165) is 31.6 Å². The molecule has 1 unspecified atom stereocenters. The molecule has 2 aliphatic heterocycles. The Balaban J connectivity index is 0.000000325. The van der Waals surface area contributed by atoms with E-state index in [1.807, 2.05) is 27.7 Å². The van der Waals surface area contributed by atoms with Gasteiger partial charge in [-0.15, -0.1) is 0 Å². The number of rotatable bonds is 5. The van der Waals surface area contributed by atoms with Gasteiger partial charge in [-0.25, -0.2) is 10.4 Å². The summed E-state index contributed by atoms with van der Waals surface area (Å²) >= 11 is 0. The van der Waals surface area contributed by atoms with Crippen molar-refractivity contribution in [2.24, 2.45) is 5.92 Å². The molecule has 2 saturated heterocycles. The van der Waals surface area contributed by atoms with E-state index in [1.54, 1.807) is 7.11 Å². The van der Waals surface area contributed by atoms with Crippen LogP contribution in [0.2, 0.25) is 0 Å². The van der Waals surface area contributed by atoms with Gasteiger partial charge in [0.2, 0.25) is 0 Å². The first-order valence-corrected chi connectivity index (χ1v) is 11.4. The standard InChI is InChI=1S/C13H27NO4.C10H21NO/c1-12(2)6-11(7-13(3,4)14(12)16)18-9-10(15)8-17-5;1-8-6-9(2,3)11(12)10(4,5)7-8/h10-11,15-16H,6-9H2,1-5H3;8,12H,6-7H2,1-5H3/p+2. The molecule has 0 amide bonds. The van der Waals surface area contributed by atoms with Crippen molar-refractivity contribution in [1.82, 2.24) is 0 Å². The van der Waals surface area contributed by atoms with Gasteiger partial charge in [-0.2, -0.15) is 10.1 Å². The number of ether oxygens (including phenoxy) is 2. The average Bonchev–Trinajstić information content (AvgIpc) is 2.55. The summed E-state index contributed by atoms with van der Waals surface area (Å²) in [5.41, 5.74) is -0.445. The van der Waals surface area contributed by atoms with Gasteiger partial charge in [0.05, 0.1) is 19.3 Å². The number of hydrogen-bond donors (Lipinski definition) is 5. The molecule has 30 heavy (non-hydrogen) atoms. The molecular weight excluding hydrogens is 384 g/mol. The zero-order chi connectivity index (χ0) is 23.5. The van der Waals surface area contributed by atoms with Crippen molar-refractivity contribution >= 4 is 0 Å². The van der Waals surface area contributed by atoms with Crippen molar-refractivity contribution in [2.45, 2.75) is 122 Å². The van der Waals surface area contributed by atoms with Gasteiger partial charge in [0.25, 0.3) is 0 Å². The topological polar surface area (TPSA) is 88.0 Å². The van der Waals surface area contributed by atoms with Crippen molar-refractivity contribution in [3.63, 3.8) is 0 Å². The van der Waals surface area contributed by atoms with Crippen LogP contribution in [0, 0.1) is 5.92 Å². The van der Waals surface area contributed by atoms with Crippen LogP contribution in [0.15, 0.2) is 0 Å². The molecule has 2 aliphatic rings. The third-order valence-corrected chi connectivity index (χ3v) is 6.64. The van der Waals surface area contributed by atoms with Gasteiger partial charge in [-0.05, 0) is 61.3 Å². The van der Waals surface area contributed by atoms with Crippen LogP contribution >= 0.6 is 0 Å². The number of piperidine rings is 2. The van der Waals surface area contributed by atoms with Gasteiger partial charge >= 0.3 is 0 Å². The number of hydrogen-bond acceptors (Lipinski definition) is 5. The van der Waals surface area contributed by atoms with Crippen LogP contribution in [0.3, 0.4) is 0 Å². The minimum Gasteiger partial charge on any atom is -0.388 e. The molecule has 7 nitrogen and oxygen atoms in total. The lowest BCUT2D eigenvalue weighted by molar-refractivity contribution is -1.16. The van der Waals surface area contributed by atoms with E-state index in [0.29, 0.717) is 10.1 Å². The quantitative estimate of drug-likeness (QED) is 0.450. The van der Waals surface area contributed by atoms with Gasteiger partial charge < -0.3 is 14.6 Å². The lowest BCUT2D eigenvalue weighted by Crippen LogP contribution is -3.25. The molecule has 2 rings (SSSR count). The molecule has 2 heterocycles. The maximum absolute atomic E-state index is 10.2. The highest BCUT2D eigenvalue weighted by molar-refractivity contribution is 4.85. The van der Waals surface area contributed by atoms with Crippen molar-refractivity contribution in [3.05, 3.63) is 0 Å². The van der Waals surface area contributed by atoms with Crippen LogP contribution in [0.4, 0.5) is 0 Å². The predicted octanol–water partition coefficient (Wildman–Crippen LogP) is 1.25. The molecule has 7 heteroatoms. The number of aliphatic hydroxyl groups is 1. The van der Waals surface area contributed by atoms with Crippen LogP contribution in [0.25, 0.3) is 0 Å². The Morgan fingerprint density at radius 1 is 0.767 bits per heavy atom. The van der Waals surface area contributed by atoms with E-state index in [2.05, 4.69) is 34.6 Å². The number of methoxy groups -OCH3 is 1. The monoisotopic (exact) mass is 434 g/mol. The lowest BCUT2D eigenvalue weighted by Gasteiger charge is -2.47. The molecule has 0 radical (unpaired) electrons. The fraction of sp³-hybridized carbons (Fsp3) is 1.00. The maximum Gasteiger partial charge on any atom is 0.124 e. The maximum atomic E-state index is 10.2. The van der Waals surface area contributed by atoms with E-state index < -0.39 is 6.10 Å². The molecule has 0 saturated carbocycles. The molecule has 0 aliphatic carbocycles. The van der Waals surface area contributed by atoms with Crippen LogP contribution < -0.4 is 10.1 Å². The first-order valence-electron chi connectivity index (χ1n) is 11.4. The van der Waals surface area contributed by atoms with Gasteiger partial charge in [-0.3, -0.25) is 0 Å². The smallest absolute Gasteiger partial charge is 0.124 e. The third-order valence-electron chi connectivity index (χ3n) is 6.64. The fourth-order valence-electron chi connectivity index (χ4n) is 5.85. The predicted molar refractivity (Wildman–Crippen MR) is 117 cm³/mol. The number of aliphatic hydroxyl groups excluding tert-OH is 1. The zero-order valence-electron chi connectivity index (χ0n) is 21.1. The normalized spacial score (nSPS) is 35.1. The summed E-state index contributed by atoms with van der Waals surface area (Å²) < 4.78 is 10.6. The SMILES string of the molecule is CC1CC(C)(C)[NH+](O)C(C)(C)C1.COCC(O)COC1CC(C)(C)[NH+](O)C(C)(C)C1. The highest BCUT2D eigenvalue weighted by atomic mass is 16.5. The highest BCUT2D eigenvalue weighted by Crippen LogP contribution is 2.27. The lowest BCUT2D eigenvalue weighted by atomic mass is 9.76. The van der Waals surface area contributed by atoms with Crippen molar-refractivity contribution in [3.8, 4) is 0 Å². The van der Waals surface area contributed by atoms with Gasteiger partial charge in [0, 0.05) is 32.8 Å². The summed E-state index contributed by atoms with van der Waals surface area (Å²) in [5, 5.41) is 31.1.